The highest BCUT2D eigenvalue weighted by molar-refractivity contribution is 5.99. The maximum atomic E-state index is 11.8. The fourth-order valence-corrected chi connectivity index (χ4v) is 1.56. The molecule has 15 heavy (non-hydrogen) atoms. The summed E-state index contributed by atoms with van der Waals surface area (Å²) in [5, 5.41) is 5.96. The van der Waals surface area contributed by atoms with Gasteiger partial charge in [0.1, 0.15) is 0 Å². The van der Waals surface area contributed by atoms with Crippen LogP contribution in [0.1, 0.15) is 23.7 Å². The van der Waals surface area contributed by atoms with Crippen LogP contribution in [0, 0.1) is 5.92 Å². The maximum Gasteiger partial charge on any atom is 0.255 e. The molecule has 2 rings (SSSR count). The lowest BCUT2D eigenvalue weighted by Crippen LogP contribution is -2.27. The fourth-order valence-electron chi connectivity index (χ4n) is 1.56. The van der Waals surface area contributed by atoms with E-state index >= 15 is 0 Å². The standard InChI is InChI=1S/C11H15N3O/c1-7-5-10(7)14-11(15)8-6-13-4-3-9(8)12-2/h3-4,6-7,10H,5H2,1-2H3,(H,12,13)(H,14,15). The summed E-state index contributed by atoms with van der Waals surface area (Å²) in [5.41, 5.74) is 1.43. The zero-order valence-electron chi connectivity index (χ0n) is 8.95. The Morgan fingerprint density at radius 1 is 1.60 bits per heavy atom. The predicted molar refractivity (Wildman–Crippen MR) is 58.8 cm³/mol. The Bertz CT molecular complexity index is 378. The van der Waals surface area contributed by atoms with Crippen LogP contribution in [-0.4, -0.2) is 24.0 Å². The van der Waals surface area contributed by atoms with Crippen LogP contribution in [0.25, 0.3) is 0 Å². The van der Waals surface area contributed by atoms with E-state index in [0.29, 0.717) is 17.5 Å². The van der Waals surface area contributed by atoms with Crippen molar-refractivity contribution in [2.24, 2.45) is 5.92 Å². The van der Waals surface area contributed by atoms with E-state index in [1.165, 1.54) is 0 Å². The number of hydrogen-bond acceptors (Lipinski definition) is 3. The number of nitrogens with zero attached hydrogens (tertiary/aromatic N) is 1. The van der Waals surface area contributed by atoms with Crippen LogP contribution >= 0.6 is 0 Å². The van der Waals surface area contributed by atoms with E-state index in [1.807, 2.05) is 0 Å². The second kappa shape index (κ2) is 3.88. The van der Waals surface area contributed by atoms with Crippen molar-refractivity contribution in [2.75, 3.05) is 12.4 Å². The molecule has 1 fully saturated rings. The molecule has 0 aromatic carbocycles. The van der Waals surface area contributed by atoms with Crippen molar-refractivity contribution in [1.29, 1.82) is 0 Å². The highest BCUT2D eigenvalue weighted by Crippen LogP contribution is 2.29. The first kappa shape index (κ1) is 9.96. The summed E-state index contributed by atoms with van der Waals surface area (Å²) in [6.07, 6.45) is 4.34. The third-order valence-corrected chi connectivity index (χ3v) is 2.76. The van der Waals surface area contributed by atoms with Gasteiger partial charge in [0.05, 0.1) is 5.56 Å². The Hall–Kier alpha value is -1.58. The molecular weight excluding hydrogens is 190 g/mol. The number of carbonyl (C=O) groups excluding carboxylic acids is 1. The van der Waals surface area contributed by atoms with Crippen molar-refractivity contribution in [1.82, 2.24) is 10.3 Å². The summed E-state index contributed by atoms with van der Waals surface area (Å²) in [5.74, 6) is 0.574. The number of hydrogen-bond donors (Lipinski definition) is 2. The van der Waals surface area contributed by atoms with Gasteiger partial charge in [-0.25, -0.2) is 0 Å². The van der Waals surface area contributed by atoms with E-state index in [-0.39, 0.29) is 5.91 Å². The third kappa shape index (κ3) is 2.09. The molecule has 2 atom stereocenters. The Morgan fingerprint density at radius 3 is 2.93 bits per heavy atom. The van der Waals surface area contributed by atoms with Gasteiger partial charge in [-0.3, -0.25) is 9.78 Å². The largest absolute Gasteiger partial charge is 0.387 e. The molecule has 1 aliphatic rings. The van der Waals surface area contributed by atoms with Gasteiger partial charge >= 0.3 is 0 Å². The molecule has 4 nitrogen and oxygen atoms in total. The molecule has 0 saturated heterocycles. The number of pyridine rings is 1. The minimum absolute atomic E-state index is 0.0400. The molecule has 1 amide bonds. The van der Waals surface area contributed by atoms with E-state index in [0.717, 1.165) is 12.1 Å². The first-order valence-corrected chi connectivity index (χ1v) is 5.15. The molecule has 1 aromatic heterocycles. The Morgan fingerprint density at radius 2 is 2.33 bits per heavy atom. The van der Waals surface area contributed by atoms with Gasteiger partial charge in [0, 0.05) is 31.2 Å². The van der Waals surface area contributed by atoms with Crippen molar-refractivity contribution < 1.29 is 4.79 Å². The molecule has 1 saturated carbocycles. The summed E-state index contributed by atoms with van der Waals surface area (Å²) in [7, 11) is 1.80. The van der Waals surface area contributed by atoms with Gasteiger partial charge < -0.3 is 10.6 Å². The van der Waals surface area contributed by atoms with Crippen molar-refractivity contribution >= 4 is 11.6 Å². The Balaban J connectivity index is 2.10. The van der Waals surface area contributed by atoms with Gasteiger partial charge in [-0.2, -0.15) is 0 Å². The zero-order chi connectivity index (χ0) is 10.8. The number of nitrogens with one attached hydrogen (secondary N) is 2. The quantitative estimate of drug-likeness (QED) is 0.781. The number of carbonyl (C=O) groups is 1. The molecule has 0 bridgehead atoms. The smallest absolute Gasteiger partial charge is 0.255 e. The summed E-state index contributed by atoms with van der Waals surface area (Å²) in [6, 6.07) is 2.15. The first-order valence-electron chi connectivity index (χ1n) is 5.15. The maximum absolute atomic E-state index is 11.8. The summed E-state index contributed by atoms with van der Waals surface area (Å²) < 4.78 is 0. The molecule has 2 N–H and O–H groups in total. The second-order valence-corrected chi connectivity index (χ2v) is 3.96. The number of amides is 1. The minimum atomic E-state index is -0.0400. The first-order chi connectivity index (χ1) is 7.22. The van der Waals surface area contributed by atoms with E-state index in [9.17, 15) is 4.79 Å². The molecule has 0 spiro atoms. The van der Waals surface area contributed by atoms with Crippen LogP contribution in [0.2, 0.25) is 0 Å². The lowest BCUT2D eigenvalue weighted by atomic mass is 10.2. The predicted octanol–water partition coefficient (Wildman–Crippen LogP) is 1.26. The molecule has 0 aliphatic heterocycles. The lowest BCUT2D eigenvalue weighted by Gasteiger charge is -2.08. The highest BCUT2D eigenvalue weighted by Gasteiger charge is 2.34. The topological polar surface area (TPSA) is 54.0 Å². The van der Waals surface area contributed by atoms with E-state index in [1.54, 1.807) is 25.5 Å². The monoisotopic (exact) mass is 205 g/mol. The van der Waals surface area contributed by atoms with Crippen molar-refractivity contribution in [3.05, 3.63) is 24.0 Å². The van der Waals surface area contributed by atoms with Crippen molar-refractivity contribution in [3.8, 4) is 0 Å². The fraction of sp³-hybridized carbons (Fsp3) is 0.455. The van der Waals surface area contributed by atoms with E-state index in [4.69, 9.17) is 0 Å². The van der Waals surface area contributed by atoms with Gasteiger partial charge in [0.25, 0.3) is 5.91 Å². The normalized spacial score (nSPS) is 23.3. The Kier molecular flexibility index (Phi) is 2.58. The molecule has 1 aromatic rings. The summed E-state index contributed by atoms with van der Waals surface area (Å²) in [6.45, 7) is 2.13. The van der Waals surface area contributed by atoms with Crippen LogP contribution in [0.3, 0.4) is 0 Å². The molecular formula is C11H15N3O. The van der Waals surface area contributed by atoms with E-state index in [2.05, 4.69) is 22.5 Å². The molecule has 4 heteroatoms. The van der Waals surface area contributed by atoms with Crippen LogP contribution < -0.4 is 10.6 Å². The van der Waals surface area contributed by atoms with Crippen LogP contribution in [0.15, 0.2) is 18.5 Å². The molecule has 2 unspecified atom stereocenters. The molecule has 1 heterocycles. The average molecular weight is 205 g/mol. The number of aromatic nitrogens is 1. The minimum Gasteiger partial charge on any atom is -0.387 e. The van der Waals surface area contributed by atoms with Gasteiger partial charge in [-0.15, -0.1) is 0 Å². The van der Waals surface area contributed by atoms with Crippen LogP contribution in [0.5, 0.6) is 0 Å². The average Bonchev–Trinajstić information content (AvgIpc) is 2.94. The van der Waals surface area contributed by atoms with E-state index < -0.39 is 0 Å². The van der Waals surface area contributed by atoms with Crippen LogP contribution in [0.4, 0.5) is 5.69 Å². The highest BCUT2D eigenvalue weighted by atomic mass is 16.1. The third-order valence-electron chi connectivity index (χ3n) is 2.76. The SMILES string of the molecule is CNc1ccncc1C(=O)NC1CC1C. The van der Waals surface area contributed by atoms with Crippen molar-refractivity contribution in [3.63, 3.8) is 0 Å². The van der Waals surface area contributed by atoms with Gasteiger partial charge in [0.2, 0.25) is 0 Å². The second-order valence-electron chi connectivity index (χ2n) is 3.96. The number of rotatable bonds is 3. The summed E-state index contributed by atoms with van der Waals surface area (Å²) >= 11 is 0. The molecule has 0 radical (unpaired) electrons. The molecule has 1 aliphatic carbocycles. The van der Waals surface area contributed by atoms with Crippen molar-refractivity contribution in [2.45, 2.75) is 19.4 Å². The van der Waals surface area contributed by atoms with Crippen LogP contribution in [-0.2, 0) is 0 Å². The van der Waals surface area contributed by atoms with Gasteiger partial charge in [-0.1, -0.05) is 6.92 Å². The summed E-state index contributed by atoms with van der Waals surface area (Å²) in [4.78, 5) is 15.8. The van der Waals surface area contributed by atoms with Gasteiger partial charge in [0.15, 0.2) is 0 Å². The number of anilines is 1. The van der Waals surface area contributed by atoms with Gasteiger partial charge in [-0.05, 0) is 18.4 Å². The lowest BCUT2D eigenvalue weighted by molar-refractivity contribution is 0.0950. The Labute approximate surface area is 89.1 Å². The molecule has 80 valence electrons. The zero-order valence-corrected chi connectivity index (χ0v) is 8.95.